The number of aliphatic hydroxyl groups excluding tert-OH is 1. The Morgan fingerprint density at radius 3 is 3.00 bits per heavy atom. The molecule has 1 aliphatic rings. The van der Waals surface area contributed by atoms with E-state index >= 15 is 0 Å². The first-order chi connectivity index (χ1) is 8.69. The molecule has 18 heavy (non-hydrogen) atoms. The number of aliphatic hydroxyl groups is 1. The molecule has 1 aromatic carbocycles. The summed E-state index contributed by atoms with van der Waals surface area (Å²) < 4.78 is 0. The molecule has 0 bridgehead atoms. The first kappa shape index (κ1) is 12.6. The second kappa shape index (κ2) is 5.64. The molecule has 96 valence electrons. The van der Waals surface area contributed by atoms with Gasteiger partial charge in [0.15, 0.2) is 0 Å². The molecule has 0 aromatic heterocycles. The van der Waals surface area contributed by atoms with Crippen molar-refractivity contribution in [2.45, 2.75) is 19.4 Å². The molecule has 1 unspecified atom stereocenters. The number of nitrogens with one attached hydrogen (secondary N) is 2. The van der Waals surface area contributed by atoms with Crippen molar-refractivity contribution in [2.24, 2.45) is 5.92 Å². The van der Waals surface area contributed by atoms with Crippen molar-refractivity contribution < 1.29 is 14.7 Å². The zero-order valence-electron chi connectivity index (χ0n) is 9.98. The van der Waals surface area contributed by atoms with Crippen LogP contribution >= 0.6 is 0 Å². The topological polar surface area (TPSA) is 78.4 Å². The van der Waals surface area contributed by atoms with E-state index in [9.17, 15) is 9.59 Å². The molecule has 1 aliphatic heterocycles. The summed E-state index contributed by atoms with van der Waals surface area (Å²) in [6.45, 7) is 0.341. The van der Waals surface area contributed by atoms with Crippen molar-refractivity contribution in [1.82, 2.24) is 5.32 Å². The number of hydrogen-bond acceptors (Lipinski definition) is 3. The average Bonchev–Trinajstić information content (AvgIpc) is 2.39. The monoisotopic (exact) mass is 248 g/mol. The highest BCUT2D eigenvalue weighted by Gasteiger charge is 2.24. The van der Waals surface area contributed by atoms with Gasteiger partial charge in [-0.15, -0.1) is 0 Å². The third kappa shape index (κ3) is 3.07. The van der Waals surface area contributed by atoms with Crippen molar-refractivity contribution in [1.29, 1.82) is 0 Å². The van der Waals surface area contributed by atoms with Crippen molar-refractivity contribution in [3.8, 4) is 0 Å². The first-order valence-electron chi connectivity index (χ1n) is 5.96. The number of carbonyl (C=O) groups is 2. The molecule has 1 aromatic rings. The molecule has 1 heterocycles. The maximum Gasteiger partial charge on any atom is 0.229 e. The zero-order chi connectivity index (χ0) is 13.0. The van der Waals surface area contributed by atoms with Crippen molar-refractivity contribution in [2.75, 3.05) is 11.9 Å². The molecule has 0 radical (unpaired) electrons. The van der Waals surface area contributed by atoms with E-state index in [1.165, 1.54) is 0 Å². The highest BCUT2D eigenvalue weighted by molar-refractivity contribution is 5.94. The summed E-state index contributed by atoms with van der Waals surface area (Å²) in [6, 6.07) is 7.08. The standard InChI is InChI=1S/C13H16N2O3/c16-8-9-2-1-3-11(6-9)15-13(18)10-4-5-12(17)14-7-10/h1-3,6,10,16H,4-5,7-8H2,(H,14,17)(H,15,18). The van der Waals surface area contributed by atoms with E-state index in [0.717, 1.165) is 5.56 Å². The Morgan fingerprint density at radius 1 is 1.50 bits per heavy atom. The number of carbonyl (C=O) groups excluding carboxylic acids is 2. The number of piperidine rings is 1. The van der Waals surface area contributed by atoms with E-state index in [2.05, 4.69) is 10.6 Å². The van der Waals surface area contributed by atoms with Gasteiger partial charge >= 0.3 is 0 Å². The maximum absolute atomic E-state index is 11.9. The highest BCUT2D eigenvalue weighted by atomic mass is 16.3. The van der Waals surface area contributed by atoms with Gasteiger partial charge in [0.05, 0.1) is 12.5 Å². The van der Waals surface area contributed by atoms with Gasteiger partial charge in [-0.2, -0.15) is 0 Å². The van der Waals surface area contributed by atoms with Crippen LogP contribution in [-0.4, -0.2) is 23.5 Å². The van der Waals surface area contributed by atoms with Crippen molar-refractivity contribution in [3.63, 3.8) is 0 Å². The van der Waals surface area contributed by atoms with Crippen LogP contribution in [0.25, 0.3) is 0 Å². The number of anilines is 1. The van der Waals surface area contributed by atoms with Gasteiger partial charge in [-0.05, 0) is 24.1 Å². The SMILES string of the molecule is O=C1CCC(C(=O)Nc2cccc(CO)c2)CN1. The molecule has 1 saturated heterocycles. The van der Waals surface area contributed by atoms with Gasteiger partial charge in [-0.25, -0.2) is 0 Å². The van der Waals surface area contributed by atoms with Crippen molar-refractivity contribution in [3.05, 3.63) is 29.8 Å². The summed E-state index contributed by atoms with van der Waals surface area (Å²) in [5.74, 6) is -0.271. The van der Waals surface area contributed by atoms with E-state index in [1.54, 1.807) is 24.3 Å². The van der Waals surface area contributed by atoms with Crippen LogP contribution in [0.5, 0.6) is 0 Å². The van der Waals surface area contributed by atoms with Crippen LogP contribution in [-0.2, 0) is 16.2 Å². The average molecular weight is 248 g/mol. The number of rotatable bonds is 3. The second-order valence-corrected chi connectivity index (χ2v) is 4.39. The molecule has 1 fully saturated rings. The lowest BCUT2D eigenvalue weighted by Crippen LogP contribution is -2.40. The number of benzene rings is 1. The lowest BCUT2D eigenvalue weighted by Gasteiger charge is -2.21. The van der Waals surface area contributed by atoms with Gasteiger partial charge in [0.25, 0.3) is 0 Å². The fourth-order valence-corrected chi connectivity index (χ4v) is 1.95. The van der Waals surface area contributed by atoms with E-state index < -0.39 is 0 Å². The van der Waals surface area contributed by atoms with E-state index in [0.29, 0.717) is 25.1 Å². The van der Waals surface area contributed by atoms with Crippen LogP contribution in [0.1, 0.15) is 18.4 Å². The lowest BCUT2D eigenvalue weighted by molar-refractivity contribution is -0.126. The lowest BCUT2D eigenvalue weighted by atomic mass is 9.98. The van der Waals surface area contributed by atoms with Crippen LogP contribution in [0, 0.1) is 5.92 Å². The Bertz CT molecular complexity index is 449. The van der Waals surface area contributed by atoms with Crippen LogP contribution in [0.15, 0.2) is 24.3 Å². The minimum absolute atomic E-state index is 0.00123. The van der Waals surface area contributed by atoms with E-state index in [-0.39, 0.29) is 24.3 Å². The predicted molar refractivity (Wildman–Crippen MR) is 66.7 cm³/mol. The molecule has 5 nitrogen and oxygen atoms in total. The number of hydrogen-bond donors (Lipinski definition) is 3. The summed E-state index contributed by atoms with van der Waals surface area (Å²) in [4.78, 5) is 23.0. The largest absolute Gasteiger partial charge is 0.392 e. The third-order valence-corrected chi connectivity index (χ3v) is 3.01. The third-order valence-electron chi connectivity index (χ3n) is 3.01. The Labute approximate surface area is 105 Å². The Morgan fingerprint density at radius 2 is 2.33 bits per heavy atom. The molecule has 0 saturated carbocycles. The van der Waals surface area contributed by atoms with Crippen LogP contribution in [0.3, 0.4) is 0 Å². The van der Waals surface area contributed by atoms with Crippen LogP contribution < -0.4 is 10.6 Å². The summed E-state index contributed by atoms with van der Waals surface area (Å²) >= 11 is 0. The minimum atomic E-state index is -0.180. The van der Waals surface area contributed by atoms with Crippen LogP contribution in [0.2, 0.25) is 0 Å². The quantitative estimate of drug-likeness (QED) is 0.734. The highest BCUT2D eigenvalue weighted by Crippen LogP contribution is 2.16. The molecule has 1 atom stereocenters. The molecule has 3 N–H and O–H groups in total. The summed E-state index contributed by atoms with van der Waals surface area (Å²) in [5, 5.41) is 14.5. The smallest absolute Gasteiger partial charge is 0.229 e. The molecule has 2 rings (SSSR count). The molecule has 0 aliphatic carbocycles. The number of amides is 2. The minimum Gasteiger partial charge on any atom is -0.392 e. The molecular formula is C13H16N2O3. The fourth-order valence-electron chi connectivity index (χ4n) is 1.95. The van der Waals surface area contributed by atoms with Gasteiger partial charge in [-0.1, -0.05) is 12.1 Å². The van der Waals surface area contributed by atoms with Crippen molar-refractivity contribution >= 4 is 17.5 Å². The summed E-state index contributed by atoms with van der Waals surface area (Å²) in [7, 11) is 0. The maximum atomic E-state index is 11.9. The molecule has 5 heteroatoms. The second-order valence-electron chi connectivity index (χ2n) is 4.39. The Balaban J connectivity index is 1.96. The van der Waals surface area contributed by atoms with E-state index in [1.807, 2.05) is 0 Å². The molecular weight excluding hydrogens is 232 g/mol. The summed E-state index contributed by atoms with van der Waals surface area (Å²) in [6.07, 6.45) is 0.978. The van der Waals surface area contributed by atoms with Gasteiger partial charge in [0, 0.05) is 18.7 Å². The van der Waals surface area contributed by atoms with Gasteiger partial charge < -0.3 is 15.7 Å². The van der Waals surface area contributed by atoms with Gasteiger partial charge in [-0.3, -0.25) is 9.59 Å². The van der Waals surface area contributed by atoms with Gasteiger partial charge in [0.2, 0.25) is 11.8 Å². The van der Waals surface area contributed by atoms with Gasteiger partial charge in [0.1, 0.15) is 0 Å². The molecule has 0 spiro atoms. The Hall–Kier alpha value is -1.88. The zero-order valence-corrected chi connectivity index (χ0v) is 9.98. The summed E-state index contributed by atoms with van der Waals surface area (Å²) in [5.41, 5.74) is 1.42. The fraction of sp³-hybridized carbons (Fsp3) is 0.385. The predicted octanol–water partition coefficient (Wildman–Crippen LogP) is 0.644. The van der Waals surface area contributed by atoms with Crippen LogP contribution in [0.4, 0.5) is 5.69 Å². The van der Waals surface area contributed by atoms with E-state index in [4.69, 9.17) is 5.11 Å². The normalized spacial score (nSPS) is 19.2. The first-order valence-corrected chi connectivity index (χ1v) is 5.96. The Kier molecular flexibility index (Phi) is 3.94. The molecule has 2 amide bonds.